The van der Waals surface area contributed by atoms with Gasteiger partial charge in [-0.3, -0.25) is 0 Å². The van der Waals surface area contributed by atoms with Crippen LogP contribution in [0.25, 0.3) is 0 Å². The van der Waals surface area contributed by atoms with E-state index < -0.39 is 0 Å². The Labute approximate surface area is 87.0 Å². The molecule has 0 aliphatic carbocycles. The standard InChI is InChI=1S/C10H12IN/c1-8(2)12-7-9-3-5-10(11)6-4-9/h3-6,12H,1,7H2,2H3. The second kappa shape index (κ2) is 4.50. The van der Waals surface area contributed by atoms with E-state index in [9.17, 15) is 0 Å². The first kappa shape index (κ1) is 9.58. The van der Waals surface area contributed by atoms with E-state index in [0.717, 1.165) is 12.2 Å². The lowest BCUT2D eigenvalue weighted by Gasteiger charge is -2.04. The van der Waals surface area contributed by atoms with Gasteiger partial charge in [0, 0.05) is 15.8 Å². The van der Waals surface area contributed by atoms with Crippen molar-refractivity contribution in [3.05, 3.63) is 45.7 Å². The molecule has 0 amide bonds. The minimum atomic E-state index is 0.867. The molecule has 0 heterocycles. The van der Waals surface area contributed by atoms with E-state index in [1.807, 2.05) is 6.92 Å². The topological polar surface area (TPSA) is 12.0 Å². The van der Waals surface area contributed by atoms with Gasteiger partial charge in [0.15, 0.2) is 0 Å². The number of rotatable bonds is 3. The molecule has 0 radical (unpaired) electrons. The summed E-state index contributed by atoms with van der Waals surface area (Å²) >= 11 is 2.30. The third kappa shape index (κ3) is 3.26. The van der Waals surface area contributed by atoms with E-state index in [0.29, 0.717) is 0 Å². The third-order valence-corrected chi connectivity index (χ3v) is 2.23. The van der Waals surface area contributed by atoms with Crippen molar-refractivity contribution >= 4 is 22.6 Å². The molecule has 0 atom stereocenters. The largest absolute Gasteiger partial charge is 0.385 e. The van der Waals surface area contributed by atoms with Crippen LogP contribution in [0.4, 0.5) is 0 Å². The molecule has 0 aromatic heterocycles. The lowest BCUT2D eigenvalue weighted by atomic mass is 10.2. The molecule has 0 unspecified atom stereocenters. The first-order valence-corrected chi connectivity index (χ1v) is 4.90. The maximum Gasteiger partial charge on any atom is 0.0397 e. The maximum absolute atomic E-state index is 3.78. The number of hydrogen-bond acceptors (Lipinski definition) is 1. The lowest BCUT2D eigenvalue weighted by molar-refractivity contribution is 0.816. The van der Waals surface area contributed by atoms with Crippen LogP contribution in [0.5, 0.6) is 0 Å². The van der Waals surface area contributed by atoms with Crippen molar-refractivity contribution in [2.24, 2.45) is 0 Å². The molecule has 0 aliphatic rings. The molecular formula is C10H12IN. The summed E-state index contributed by atoms with van der Waals surface area (Å²) in [5.41, 5.74) is 2.30. The molecule has 0 saturated heterocycles. The van der Waals surface area contributed by atoms with Gasteiger partial charge in [-0.05, 0) is 47.2 Å². The molecule has 64 valence electrons. The Kier molecular flexibility index (Phi) is 3.59. The summed E-state index contributed by atoms with van der Waals surface area (Å²) in [7, 11) is 0. The van der Waals surface area contributed by atoms with E-state index in [2.05, 4.69) is 58.8 Å². The summed E-state index contributed by atoms with van der Waals surface area (Å²) in [6, 6.07) is 8.46. The first-order chi connectivity index (χ1) is 5.68. The van der Waals surface area contributed by atoms with E-state index in [-0.39, 0.29) is 0 Å². The van der Waals surface area contributed by atoms with Crippen LogP contribution in [0, 0.1) is 3.57 Å². The van der Waals surface area contributed by atoms with Gasteiger partial charge in [-0.2, -0.15) is 0 Å². The van der Waals surface area contributed by atoms with E-state index in [4.69, 9.17) is 0 Å². The normalized spacial score (nSPS) is 9.50. The summed E-state index contributed by atoms with van der Waals surface area (Å²) in [6.07, 6.45) is 0. The van der Waals surface area contributed by atoms with Crippen molar-refractivity contribution in [2.45, 2.75) is 13.5 Å². The van der Waals surface area contributed by atoms with Gasteiger partial charge in [0.2, 0.25) is 0 Å². The number of benzene rings is 1. The van der Waals surface area contributed by atoms with Crippen LogP contribution in [-0.4, -0.2) is 0 Å². The van der Waals surface area contributed by atoms with Crippen molar-refractivity contribution in [1.82, 2.24) is 5.32 Å². The monoisotopic (exact) mass is 273 g/mol. The van der Waals surface area contributed by atoms with Gasteiger partial charge < -0.3 is 5.32 Å². The Morgan fingerprint density at radius 2 is 2.00 bits per heavy atom. The maximum atomic E-state index is 3.78. The van der Waals surface area contributed by atoms with Gasteiger partial charge in [-0.15, -0.1) is 0 Å². The molecule has 0 fully saturated rings. The highest BCUT2D eigenvalue weighted by atomic mass is 127. The zero-order chi connectivity index (χ0) is 8.97. The van der Waals surface area contributed by atoms with Gasteiger partial charge in [0.1, 0.15) is 0 Å². The Morgan fingerprint density at radius 1 is 1.42 bits per heavy atom. The van der Waals surface area contributed by atoms with Crippen LogP contribution in [0.3, 0.4) is 0 Å². The smallest absolute Gasteiger partial charge is 0.0397 e. The zero-order valence-corrected chi connectivity index (χ0v) is 9.26. The molecule has 1 nitrogen and oxygen atoms in total. The summed E-state index contributed by atoms with van der Waals surface area (Å²) in [5.74, 6) is 0. The van der Waals surface area contributed by atoms with E-state index in [1.165, 1.54) is 9.13 Å². The Balaban J connectivity index is 2.53. The van der Waals surface area contributed by atoms with E-state index in [1.54, 1.807) is 0 Å². The van der Waals surface area contributed by atoms with Crippen LogP contribution in [0.15, 0.2) is 36.5 Å². The summed E-state index contributed by atoms with van der Waals surface area (Å²) in [6.45, 7) is 6.61. The van der Waals surface area contributed by atoms with Crippen molar-refractivity contribution < 1.29 is 0 Å². The van der Waals surface area contributed by atoms with Crippen molar-refractivity contribution in [2.75, 3.05) is 0 Å². The van der Waals surface area contributed by atoms with E-state index >= 15 is 0 Å². The second-order valence-corrected chi connectivity index (χ2v) is 4.01. The summed E-state index contributed by atoms with van der Waals surface area (Å²) < 4.78 is 1.27. The molecule has 0 bridgehead atoms. The van der Waals surface area contributed by atoms with Crippen LogP contribution in [0.1, 0.15) is 12.5 Å². The average molecular weight is 273 g/mol. The summed E-state index contributed by atoms with van der Waals surface area (Å²) in [4.78, 5) is 0. The highest BCUT2D eigenvalue weighted by molar-refractivity contribution is 14.1. The Hall–Kier alpha value is -0.510. The minimum Gasteiger partial charge on any atom is -0.385 e. The highest BCUT2D eigenvalue weighted by Crippen LogP contribution is 2.06. The fourth-order valence-corrected chi connectivity index (χ4v) is 1.21. The zero-order valence-electron chi connectivity index (χ0n) is 7.10. The average Bonchev–Trinajstić information content (AvgIpc) is 2.03. The first-order valence-electron chi connectivity index (χ1n) is 3.82. The predicted octanol–water partition coefficient (Wildman–Crippen LogP) is 2.91. The highest BCUT2D eigenvalue weighted by Gasteiger charge is 1.91. The van der Waals surface area contributed by atoms with Crippen LogP contribution < -0.4 is 5.32 Å². The quantitative estimate of drug-likeness (QED) is 0.835. The Bertz CT molecular complexity index is 264. The molecule has 0 aliphatic heterocycles. The van der Waals surface area contributed by atoms with Crippen molar-refractivity contribution in [1.29, 1.82) is 0 Å². The predicted molar refractivity (Wildman–Crippen MR) is 60.8 cm³/mol. The minimum absolute atomic E-state index is 0.867. The van der Waals surface area contributed by atoms with Gasteiger partial charge >= 0.3 is 0 Å². The second-order valence-electron chi connectivity index (χ2n) is 2.76. The van der Waals surface area contributed by atoms with Gasteiger partial charge in [-0.1, -0.05) is 18.7 Å². The molecular weight excluding hydrogens is 261 g/mol. The lowest BCUT2D eigenvalue weighted by Crippen LogP contribution is -2.08. The van der Waals surface area contributed by atoms with Crippen molar-refractivity contribution in [3.8, 4) is 0 Å². The molecule has 1 aromatic rings. The van der Waals surface area contributed by atoms with Crippen LogP contribution in [0.2, 0.25) is 0 Å². The molecule has 2 heteroatoms. The van der Waals surface area contributed by atoms with Gasteiger partial charge in [-0.25, -0.2) is 0 Å². The molecule has 0 saturated carbocycles. The summed E-state index contributed by atoms with van der Waals surface area (Å²) in [5, 5.41) is 3.18. The van der Waals surface area contributed by atoms with Crippen molar-refractivity contribution in [3.63, 3.8) is 0 Å². The number of allylic oxidation sites excluding steroid dienone is 1. The molecule has 0 spiro atoms. The SMILES string of the molecule is C=C(C)NCc1ccc(I)cc1. The van der Waals surface area contributed by atoms with Gasteiger partial charge in [0.25, 0.3) is 0 Å². The fraction of sp³-hybridized carbons (Fsp3) is 0.200. The number of nitrogens with one attached hydrogen (secondary N) is 1. The number of halogens is 1. The fourth-order valence-electron chi connectivity index (χ4n) is 0.855. The van der Waals surface area contributed by atoms with Gasteiger partial charge in [0.05, 0.1) is 0 Å². The third-order valence-electron chi connectivity index (χ3n) is 1.51. The number of hydrogen-bond donors (Lipinski definition) is 1. The molecule has 1 N–H and O–H groups in total. The molecule has 1 rings (SSSR count). The van der Waals surface area contributed by atoms with Crippen LogP contribution >= 0.6 is 22.6 Å². The Morgan fingerprint density at radius 3 is 2.50 bits per heavy atom. The van der Waals surface area contributed by atoms with Crippen LogP contribution in [-0.2, 0) is 6.54 Å². The molecule has 1 aromatic carbocycles. The molecule has 12 heavy (non-hydrogen) atoms.